The van der Waals surface area contributed by atoms with Crippen LogP contribution in [0.1, 0.15) is 70.6 Å². The SMILES string of the molecule is N#CC1(NC(=O)COC(=O)CCCN2C(=O)NC3(CCCC3)C2=O)CCCCC1. The van der Waals surface area contributed by atoms with Crippen molar-refractivity contribution >= 4 is 23.8 Å². The second kappa shape index (κ2) is 8.80. The molecule has 158 valence electrons. The summed E-state index contributed by atoms with van der Waals surface area (Å²) < 4.78 is 4.98. The molecule has 2 saturated carbocycles. The number of urea groups is 1. The van der Waals surface area contributed by atoms with Crippen LogP contribution in [0.3, 0.4) is 0 Å². The summed E-state index contributed by atoms with van der Waals surface area (Å²) in [5, 5.41) is 14.9. The molecule has 1 saturated heterocycles. The Bertz CT molecular complexity index is 717. The van der Waals surface area contributed by atoms with Crippen molar-refractivity contribution in [2.75, 3.05) is 13.2 Å². The topological polar surface area (TPSA) is 129 Å². The number of hydrogen-bond donors (Lipinski definition) is 2. The zero-order valence-electron chi connectivity index (χ0n) is 16.6. The van der Waals surface area contributed by atoms with Gasteiger partial charge in [0, 0.05) is 13.0 Å². The third-order valence-electron chi connectivity index (χ3n) is 6.13. The van der Waals surface area contributed by atoms with Crippen molar-refractivity contribution in [1.82, 2.24) is 15.5 Å². The molecule has 2 aliphatic carbocycles. The Morgan fingerprint density at radius 1 is 1.10 bits per heavy atom. The quantitative estimate of drug-likeness (QED) is 0.489. The molecular formula is C20H28N4O5. The van der Waals surface area contributed by atoms with Gasteiger partial charge in [0.05, 0.1) is 6.07 Å². The van der Waals surface area contributed by atoms with E-state index in [1.807, 2.05) is 0 Å². The molecule has 3 aliphatic rings. The van der Waals surface area contributed by atoms with Crippen molar-refractivity contribution in [1.29, 1.82) is 5.26 Å². The number of nitrogens with zero attached hydrogens (tertiary/aromatic N) is 2. The minimum absolute atomic E-state index is 0.000727. The molecule has 9 nitrogen and oxygen atoms in total. The molecule has 3 fully saturated rings. The molecule has 0 aromatic rings. The van der Waals surface area contributed by atoms with Gasteiger partial charge in [0.2, 0.25) is 0 Å². The average molecular weight is 404 g/mol. The minimum atomic E-state index is -0.860. The average Bonchev–Trinajstić information content (AvgIpc) is 3.27. The largest absolute Gasteiger partial charge is 0.456 e. The highest BCUT2D eigenvalue weighted by molar-refractivity contribution is 6.07. The lowest BCUT2D eigenvalue weighted by molar-refractivity contribution is -0.149. The Morgan fingerprint density at radius 3 is 2.41 bits per heavy atom. The van der Waals surface area contributed by atoms with E-state index in [4.69, 9.17) is 4.74 Å². The van der Waals surface area contributed by atoms with Crippen molar-refractivity contribution in [3.05, 3.63) is 0 Å². The number of ether oxygens (including phenoxy) is 1. The van der Waals surface area contributed by atoms with Gasteiger partial charge in [-0.15, -0.1) is 0 Å². The van der Waals surface area contributed by atoms with Crippen molar-refractivity contribution in [3.63, 3.8) is 0 Å². The zero-order chi connectivity index (χ0) is 20.9. The fourth-order valence-corrected chi connectivity index (χ4v) is 4.52. The number of carbonyl (C=O) groups excluding carboxylic acids is 4. The Kier molecular flexibility index (Phi) is 6.40. The maximum absolute atomic E-state index is 12.5. The first-order valence-electron chi connectivity index (χ1n) is 10.4. The summed E-state index contributed by atoms with van der Waals surface area (Å²) in [6.07, 6.45) is 7.47. The molecule has 2 N–H and O–H groups in total. The summed E-state index contributed by atoms with van der Waals surface area (Å²) in [7, 11) is 0. The van der Waals surface area contributed by atoms with Crippen LogP contribution in [-0.2, 0) is 19.1 Å². The molecule has 0 radical (unpaired) electrons. The smallest absolute Gasteiger partial charge is 0.325 e. The number of imide groups is 1. The van der Waals surface area contributed by atoms with Gasteiger partial charge < -0.3 is 15.4 Å². The fraction of sp³-hybridized carbons (Fsp3) is 0.750. The predicted molar refractivity (Wildman–Crippen MR) is 101 cm³/mol. The van der Waals surface area contributed by atoms with E-state index in [-0.39, 0.29) is 25.3 Å². The van der Waals surface area contributed by atoms with Gasteiger partial charge in [-0.05, 0) is 32.1 Å². The molecular weight excluding hydrogens is 376 g/mol. The molecule has 1 heterocycles. The number of carbonyl (C=O) groups is 4. The lowest BCUT2D eigenvalue weighted by atomic mass is 9.83. The number of amides is 4. The first-order valence-corrected chi connectivity index (χ1v) is 10.4. The number of hydrogen-bond acceptors (Lipinski definition) is 6. The molecule has 0 unspecified atom stereocenters. The molecule has 9 heteroatoms. The van der Waals surface area contributed by atoms with Gasteiger partial charge in [0.25, 0.3) is 11.8 Å². The zero-order valence-corrected chi connectivity index (χ0v) is 16.6. The van der Waals surface area contributed by atoms with Crippen molar-refractivity contribution in [3.8, 4) is 6.07 Å². The van der Waals surface area contributed by atoms with E-state index >= 15 is 0 Å². The van der Waals surface area contributed by atoms with Crippen LogP contribution in [-0.4, -0.2) is 52.9 Å². The summed E-state index contributed by atoms with van der Waals surface area (Å²) in [4.78, 5) is 49.7. The van der Waals surface area contributed by atoms with Gasteiger partial charge in [0.15, 0.2) is 6.61 Å². The van der Waals surface area contributed by atoms with E-state index in [0.29, 0.717) is 25.7 Å². The Morgan fingerprint density at radius 2 is 1.76 bits per heavy atom. The maximum Gasteiger partial charge on any atom is 0.325 e. The lowest BCUT2D eigenvalue weighted by Crippen LogP contribution is -2.50. The molecule has 1 spiro atoms. The van der Waals surface area contributed by atoms with Crippen LogP contribution in [0.15, 0.2) is 0 Å². The normalized spacial score (nSPS) is 22.2. The molecule has 0 atom stereocenters. The van der Waals surface area contributed by atoms with Gasteiger partial charge in [-0.1, -0.05) is 32.1 Å². The van der Waals surface area contributed by atoms with Crippen LogP contribution >= 0.6 is 0 Å². The van der Waals surface area contributed by atoms with E-state index in [2.05, 4.69) is 16.7 Å². The third kappa shape index (κ3) is 4.69. The molecule has 4 amide bonds. The highest BCUT2D eigenvalue weighted by Gasteiger charge is 2.52. The van der Waals surface area contributed by atoms with E-state index < -0.39 is 35.6 Å². The number of nitriles is 1. The van der Waals surface area contributed by atoms with E-state index in [0.717, 1.165) is 32.1 Å². The minimum Gasteiger partial charge on any atom is -0.456 e. The Hall–Kier alpha value is -2.63. The summed E-state index contributed by atoms with van der Waals surface area (Å²) in [5.74, 6) is -1.27. The predicted octanol–water partition coefficient (Wildman–Crippen LogP) is 1.52. The van der Waals surface area contributed by atoms with Crippen LogP contribution < -0.4 is 10.6 Å². The standard InChI is InChI=1S/C20H28N4O5/c21-14-19(8-2-1-3-9-19)22-15(25)13-29-16(26)7-6-12-24-17(27)20(23-18(24)28)10-4-5-11-20/h1-13H2,(H,22,25)(H,23,28). The first kappa shape index (κ1) is 21.1. The lowest BCUT2D eigenvalue weighted by Gasteiger charge is -2.31. The van der Waals surface area contributed by atoms with Gasteiger partial charge in [-0.3, -0.25) is 19.3 Å². The summed E-state index contributed by atoms with van der Waals surface area (Å²) in [6.45, 7) is -0.292. The summed E-state index contributed by atoms with van der Waals surface area (Å²) in [5.41, 5.74) is -1.60. The molecule has 0 aromatic heterocycles. The van der Waals surface area contributed by atoms with Crippen LogP contribution in [0, 0.1) is 11.3 Å². The second-order valence-corrected chi connectivity index (χ2v) is 8.24. The molecule has 1 aliphatic heterocycles. The highest BCUT2D eigenvalue weighted by Crippen LogP contribution is 2.35. The van der Waals surface area contributed by atoms with Gasteiger partial charge >= 0.3 is 12.0 Å². The molecule has 0 bridgehead atoms. The van der Waals surface area contributed by atoms with Crippen LogP contribution in [0.5, 0.6) is 0 Å². The Balaban J connectivity index is 1.37. The van der Waals surface area contributed by atoms with Gasteiger partial charge in [-0.2, -0.15) is 5.26 Å². The number of rotatable bonds is 7. The number of nitrogens with one attached hydrogen (secondary N) is 2. The number of esters is 1. The molecule has 29 heavy (non-hydrogen) atoms. The van der Waals surface area contributed by atoms with Crippen LogP contribution in [0.2, 0.25) is 0 Å². The van der Waals surface area contributed by atoms with Crippen LogP contribution in [0.25, 0.3) is 0 Å². The summed E-state index contributed by atoms with van der Waals surface area (Å²) in [6, 6.07) is 1.78. The van der Waals surface area contributed by atoms with Crippen molar-refractivity contribution in [2.24, 2.45) is 0 Å². The van der Waals surface area contributed by atoms with E-state index in [9.17, 15) is 24.4 Å². The van der Waals surface area contributed by atoms with Gasteiger partial charge in [-0.25, -0.2) is 4.79 Å². The second-order valence-electron chi connectivity index (χ2n) is 8.24. The van der Waals surface area contributed by atoms with E-state index in [1.165, 1.54) is 4.90 Å². The molecule has 3 rings (SSSR count). The monoisotopic (exact) mass is 404 g/mol. The fourth-order valence-electron chi connectivity index (χ4n) is 4.52. The van der Waals surface area contributed by atoms with Crippen molar-refractivity contribution in [2.45, 2.75) is 81.7 Å². The first-order chi connectivity index (χ1) is 13.9. The van der Waals surface area contributed by atoms with Crippen molar-refractivity contribution < 1.29 is 23.9 Å². The summed E-state index contributed by atoms with van der Waals surface area (Å²) >= 11 is 0. The highest BCUT2D eigenvalue weighted by atomic mass is 16.5. The third-order valence-corrected chi connectivity index (χ3v) is 6.13. The van der Waals surface area contributed by atoms with Crippen LogP contribution in [0.4, 0.5) is 4.79 Å². The van der Waals surface area contributed by atoms with E-state index in [1.54, 1.807) is 0 Å². The molecule has 0 aromatic carbocycles. The maximum atomic E-state index is 12.5. The Labute approximate surface area is 170 Å². The van der Waals surface area contributed by atoms with Gasteiger partial charge in [0.1, 0.15) is 11.1 Å².